The Morgan fingerprint density at radius 1 is 0.524 bits per heavy atom. The highest BCUT2D eigenvalue weighted by atomic mass is 19.1. The van der Waals surface area contributed by atoms with Crippen molar-refractivity contribution < 1.29 is 9.50 Å². The fourth-order valence-corrected chi connectivity index (χ4v) is 5.68. The molecule has 0 aliphatic heterocycles. The largest absolute Gasteiger partial charge is 0.388 e. The Morgan fingerprint density at radius 2 is 0.810 bits per heavy atom. The first-order valence-corrected chi connectivity index (χ1v) is 15.4. The van der Waals surface area contributed by atoms with E-state index in [0.717, 1.165) is 39.0 Å². The molecule has 0 saturated heterocycles. The van der Waals surface area contributed by atoms with Gasteiger partial charge >= 0.3 is 0 Å². The molecular weight excluding hydrogens is 519 g/mol. The van der Waals surface area contributed by atoms with Crippen LogP contribution >= 0.6 is 0 Å². The first-order chi connectivity index (χ1) is 20.3. The molecule has 4 aromatic carbocycles. The molecule has 2 saturated carbocycles. The van der Waals surface area contributed by atoms with Gasteiger partial charge in [-0.05, 0) is 61.8 Å². The summed E-state index contributed by atoms with van der Waals surface area (Å²) in [7, 11) is 0. The smallest absolute Gasteiger partial charge is 0.126 e. The average molecular weight is 565 g/mol. The van der Waals surface area contributed by atoms with E-state index in [1.807, 2.05) is 55.5 Å². The van der Waals surface area contributed by atoms with Gasteiger partial charge in [-0.25, -0.2) is 4.39 Å². The van der Waals surface area contributed by atoms with Gasteiger partial charge in [0.1, 0.15) is 5.67 Å². The van der Waals surface area contributed by atoms with Crippen molar-refractivity contribution in [1.29, 1.82) is 0 Å². The lowest BCUT2D eigenvalue weighted by atomic mass is 10.1. The number of nitrogens with zero attached hydrogens (tertiary/aromatic N) is 2. The third-order valence-electron chi connectivity index (χ3n) is 9.03. The van der Waals surface area contributed by atoms with E-state index < -0.39 is 11.3 Å². The zero-order valence-electron chi connectivity index (χ0n) is 25.1. The molecule has 0 amide bonds. The quantitative estimate of drug-likeness (QED) is 0.188. The second-order valence-electron chi connectivity index (χ2n) is 12.2. The molecule has 0 unspecified atom stereocenters. The summed E-state index contributed by atoms with van der Waals surface area (Å²) in [6.07, 6.45) is 3.25. The SMILES string of the molecule is C[C@@H](N(Cc1ccccc1)Cc1ccccc1)C1(F)CC1.C[C@@H](N(Cc1ccccc1)Cc1ccccc1)C1(O)CC1. The predicted octanol–water partition coefficient (Wildman–Crippen LogP) is 8.18. The van der Waals surface area contributed by atoms with Crippen LogP contribution in [0.2, 0.25) is 0 Å². The van der Waals surface area contributed by atoms with E-state index in [9.17, 15) is 9.50 Å². The van der Waals surface area contributed by atoms with Crippen LogP contribution in [0.3, 0.4) is 0 Å². The number of hydrogen-bond donors (Lipinski definition) is 1. The normalized spacial score (nSPS) is 17.7. The van der Waals surface area contributed by atoms with E-state index in [-0.39, 0.29) is 12.1 Å². The second-order valence-corrected chi connectivity index (χ2v) is 12.2. The fraction of sp³-hybridized carbons (Fsp3) is 0.368. The third-order valence-corrected chi connectivity index (χ3v) is 9.03. The van der Waals surface area contributed by atoms with Gasteiger partial charge in [-0.2, -0.15) is 0 Å². The van der Waals surface area contributed by atoms with Crippen LogP contribution in [0, 0.1) is 0 Å². The van der Waals surface area contributed by atoms with Gasteiger partial charge in [-0.15, -0.1) is 0 Å². The van der Waals surface area contributed by atoms with Crippen LogP contribution in [0.25, 0.3) is 0 Å². The van der Waals surface area contributed by atoms with Gasteiger partial charge in [-0.1, -0.05) is 121 Å². The Hall–Kier alpha value is -3.31. The maximum atomic E-state index is 14.5. The van der Waals surface area contributed by atoms with Gasteiger partial charge in [-0.3, -0.25) is 9.80 Å². The van der Waals surface area contributed by atoms with E-state index in [2.05, 4.69) is 89.5 Å². The summed E-state index contributed by atoms with van der Waals surface area (Å²) in [5, 5.41) is 10.5. The summed E-state index contributed by atoms with van der Waals surface area (Å²) >= 11 is 0. The van der Waals surface area contributed by atoms with Crippen molar-refractivity contribution >= 4 is 0 Å². The van der Waals surface area contributed by atoms with E-state index in [4.69, 9.17) is 0 Å². The van der Waals surface area contributed by atoms with Crippen LogP contribution in [-0.4, -0.2) is 38.3 Å². The molecule has 0 aromatic heterocycles. The maximum absolute atomic E-state index is 14.5. The van der Waals surface area contributed by atoms with Crippen LogP contribution in [0.15, 0.2) is 121 Å². The molecule has 1 N–H and O–H groups in total. The second kappa shape index (κ2) is 13.8. The molecular formula is C38H45FN2O. The van der Waals surface area contributed by atoms with E-state index in [1.165, 1.54) is 22.3 Å². The first-order valence-electron chi connectivity index (χ1n) is 15.4. The number of halogens is 1. The van der Waals surface area contributed by atoms with Crippen LogP contribution in [0.1, 0.15) is 61.8 Å². The molecule has 6 rings (SSSR count). The van der Waals surface area contributed by atoms with Gasteiger partial charge in [0, 0.05) is 38.3 Å². The highest BCUT2D eigenvalue weighted by Crippen LogP contribution is 2.45. The maximum Gasteiger partial charge on any atom is 0.126 e. The average Bonchev–Trinajstić information content (AvgIpc) is 3.96. The monoisotopic (exact) mass is 564 g/mol. The molecule has 2 aliphatic rings. The molecule has 2 fully saturated rings. The topological polar surface area (TPSA) is 26.7 Å². The Morgan fingerprint density at radius 3 is 1.07 bits per heavy atom. The zero-order chi connectivity index (χ0) is 29.4. The number of benzene rings is 4. The fourth-order valence-electron chi connectivity index (χ4n) is 5.68. The minimum absolute atomic E-state index is 0.0436. The molecule has 0 heterocycles. The lowest BCUT2D eigenvalue weighted by molar-refractivity contribution is 0.0299. The van der Waals surface area contributed by atoms with Crippen molar-refractivity contribution in [1.82, 2.24) is 9.80 Å². The van der Waals surface area contributed by atoms with Crippen LogP contribution in [0.5, 0.6) is 0 Å². The molecule has 0 radical (unpaired) electrons. The minimum atomic E-state index is -0.983. The van der Waals surface area contributed by atoms with Crippen molar-refractivity contribution in [2.24, 2.45) is 0 Å². The van der Waals surface area contributed by atoms with Crippen LogP contribution in [0.4, 0.5) is 4.39 Å². The number of rotatable bonds is 12. The Kier molecular flexibility index (Phi) is 9.89. The van der Waals surface area contributed by atoms with Gasteiger partial charge < -0.3 is 5.11 Å². The Labute approximate surface area is 251 Å². The summed E-state index contributed by atoms with van der Waals surface area (Å²) in [4.78, 5) is 4.65. The van der Waals surface area contributed by atoms with Crippen LogP contribution in [-0.2, 0) is 26.2 Å². The number of alkyl halides is 1. The van der Waals surface area contributed by atoms with Gasteiger partial charge in [0.2, 0.25) is 0 Å². The molecule has 0 bridgehead atoms. The van der Waals surface area contributed by atoms with Gasteiger partial charge in [0.25, 0.3) is 0 Å². The summed E-state index contributed by atoms with van der Waals surface area (Å²) in [5.74, 6) is 0. The number of aliphatic hydroxyl groups is 1. The lowest BCUT2D eigenvalue weighted by Crippen LogP contribution is -2.42. The highest BCUT2D eigenvalue weighted by Gasteiger charge is 2.50. The van der Waals surface area contributed by atoms with Gasteiger partial charge in [0.15, 0.2) is 0 Å². The Bertz CT molecular complexity index is 1150. The van der Waals surface area contributed by atoms with Crippen LogP contribution < -0.4 is 0 Å². The van der Waals surface area contributed by atoms with Crippen molar-refractivity contribution in [2.75, 3.05) is 0 Å². The minimum Gasteiger partial charge on any atom is -0.388 e. The van der Waals surface area contributed by atoms with Crippen molar-refractivity contribution in [3.05, 3.63) is 144 Å². The molecule has 4 heteroatoms. The first kappa shape index (κ1) is 30.2. The van der Waals surface area contributed by atoms with Crippen molar-refractivity contribution in [3.63, 3.8) is 0 Å². The molecule has 220 valence electrons. The molecule has 0 spiro atoms. The van der Waals surface area contributed by atoms with Gasteiger partial charge in [0.05, 0.1) is 5.60 Å². The Balaban J connectivity index is 0.000000168. The summed E-state index contributed by atoms with van der Waals surface area (Å²) in [6, 6.07) is 41.8. The summed E-state index contributed by atoms with van der Waals surface area (Å²) < 4.78 is 14.5. The number of hydrogen-bond acceptors (Lipinski definition) is 3. The molecule has 2 aliphatic carbocycles. The molecule has 4 aromatic rings. The van der Waals surface area contributed by atoms with Crippen molar-refractivity contribution in [2.45, 2.75) is 89.1 Å². The molecule has 3 nitrogen and oxygen atoms in total. The lowest BCUT2D eigenvalue weighted by Gasteiger charge is -2.33. The standard InChI is InChI=1S/C19H22FN.C19H23NO/c1-16(19(20)12-13-19)21(14-17-8-4-2-5-9-17)15-18-10-6-3-7-11-18;1-16(19(21)12-13-19)20(14-17-8-4-2-5-9-17)15-18-10-6-3-7-11-18/h2-11,16H,12-15H2,1H3;2-11,16,21H,12-15H2,1H3/t2*16-/m11/s1. The van der Waals surface area contributed by atoms with E-state index >= 15 is 0 Å². The molecule has 2 atom stereocenters. The van der Waals surface area contributed by atoms with Crippen molar-refractivity contribution in [3.8, 4) is 0 Å². The van der Waals surface area contributed by atoms with E-state index in [0.29, 0.717) is 12.8 Å². The summed E-state index contributed by atoms with van der Waals surface area (Å²) in [5.41, 5.74) is 3.61. The molecule has 42 heavy (non-hydrogen) atoms. The zero-order valence-corrected chi connectivity index (χ0v) is 25.1. The highest BCUT2D eigenvalue weighted by molar-refractivity contribution is 5.20. The third kappa shape index (κ3) is 8.38. The van der Waals surface area contributed by atoms with E-state index in [1.54, 1.807) is 0 Å². The summed E-state index contributed by atoms with van der Waals surface area (Å²) in [6.45, 7) is 7.52. The predicted molar refractivity (Wildman–Crippen MR) is 170 cm³/mol.